The highest BCUT2D eigenvalue weighted by molar-refractivity contribution is 6.31. The zero-order chi connectivity index (χ0) is 15.4. The topological polar surface area (TPSA) is 90.5 Å². The molecule has 0 aliphatic carbocycles. The molecule has 21 heavy (non-hydrogen) atoms. The van der Waals surface area contributed by atoms with Crippen molar-refractivity contribution in [3.05, 3.63) is 63.5 Å². The number of nitrogens with one attached hydrogen (secondary N) is 1. The third-order valence-corrected chi connectivity index (χ3v) is 2.92. The van der Waals surface area contributed by atoms with Crippen LogP contribution < -0.4 is 10.5 Å². The van der Waals surface area contributed by atoms with Gasteiger partial charge in [-0.3, -0.25) is 19.3 Å². The van der Waals surface area contributed by atoms with Crippen LogP contribution in [0.2, 0.25) is 5.02 Å². The summed E-state index contributed by atoms with van der Waals surface area (Å²) in [5.41, 5.74) is 0.191. The molecular weight excluding hydrogens is 296 g/mol. The Morgan fingerprint density at radius 2 is 2.00 bits per heavy atom. The third kappa shape index (κ3) is 3.70. The van der Waals surface area contributed by atoms with Crippen LogP contribution in [0.25, 0.3) is 0 Å². The first-order chi connectivity index (χ1) is 9.97. The fraction of sp³-hybridized carbons (Fsp3) is 0.0714. The Hall–Kier alpha value is -2.60. The molecule has 0 aliphatic rings. The molecule has 0 bridgehead atoms. The summed E-state index contributed by atoms with van der Waals surface area (Å²) >= 11 is 5.86. The summed E-state index contributed by atoms with van der Waals surface area (Å²) in [6, 6.07) is 8.85. The first kappa shape index (κ1) is 14.8. The number of aliphatic carboxylic acids is 1. The van der Waals surface area contributed by atoms with E-state index in [2.05, 4.69) is 4.98 Å². The predicted octanol–water partition coefficient (Wildman–Crippen LogP) is 1.76. The second kappa shape index (κ2) is 6.23. The number of anilines is 1. The highest BCUT2D eigenvalue weighted by Gasteiger charge is 2.20. The zero-order valence-corrected chi connectivity index (χ0v) is 11.5. The number of pyridine rings is 1. The lowest BCUT2D eigenvalue weighted by molar-refractivity contribution is -0.135. The second-order valence-corrected chi connectivity index (χ2v) is 4.64. The summed E-state index contributed by atoms with van der Waals surface area (Å²) in [5.74, 6) is -1.70. The predicted molar refractivity (Wildman–Crippen MR) is 77.8 cm³/mol. The number of amides is 1. The molecule has 1 aromatic carbocycles. The minimum absolute atomic E-state index is 0.177. The standard InChI is InChI=1S/C14H11ClN2O4/c15-10-2-1-3-11(6-10)17(8-13(19)20)14(21)9-4-5-12(18)16-7-9/h1-7H,8H2,(H,16,18)(H,19,20). The van der Waals surface area contributed by atoms with E-state index in [4.69, 9.17) is 16.7 Å². The van der Waals surface area contributed by atoms with Gasteiger partial charge < -0.3 is 10.1 Å². The van der Waals surface area contributed by atoms with Gasteiger partial charge in [0.1, 0.15) is 6.54 Å². The normalized spacial score (nSPS) is 10.1. The quantitative estimate of drug-likeness (QED) is 0.900. The molecule has 0 atom stereocenters. The number of carboxylic acids is 1. The maximum atomic E-state index is 12.4. The van der Waals surface area contributed by atoms with Crippen LogP contribution in [-0.4, -0.2) is 28.5 Å². The first-order valence-electron chi connectivity index (χ1n) is 5.95. The Labute approximate surface area is 124 Å². The molecule has 6 nitrogen and oxygen atoms in total. The van der Waals surface area contributed by atoms with Crippen LogP contribution in [0, 0.1) is 0 Å². The van der Waals surface area contributed by atoms with Crippen LogP contribution >= 0.6 is 11.6 Å². The Bertz CT molecular complexity index is 721. The van der Waals surface area contributed by atoms with Gasteiger partial charge in [0.15, 0.2) is 0 Å². The van der Waals surface area contributed by atoms with Gasteiger partial charge >= 0.3 is 5.97 Å². The second-order valence-electron chi connectivity index (χ2n) is 4.21. The van der Waals surface area contributed by atoms with Gasteiger partial charge in [-0.1, -0.05) is 17.7 Å². The number of halogens is 1. The van der Waals surface area contributed by atoms with Gasteiger partial charge in [-0.05, 0) is 24.3 Å². The van der Waals surface area contributed by atoms with E-state index in [9.17, 15) is 14.4 Å². The van der Waals surface area contributed by atoms with Gasteiger partial charge in [0.05, 0.1) is 5.56 Å². The van der Waals surface area contributed by atoms with Crippen molar-refractivity contribution >= 4 is 29.2 Å². The van der Waals surface area contributed by atoms with Gasteiger partial charge in [-0.25, -0.2) is 0 Å². The Kier molecular flexibility index (Phi) is 4.39. The average molecular weight is 307 g/mol. The summed E-state index contributed by atoms with van der Waals surface area (Å²) in [6.07, 6.45) is 1.24. The number of aromatic nitrogens is 1. The molecule has 0 radical (unpaired) electrons. The molecular formula is C14H11ClN2O4. The minimum atomic E-state index is -1.16. The van der Waals surface area contributed by atoms with Crippen molar-refractivity contribution in [2.45, 2.75) is 0 Å². The highest BCUT2D eigenvalue weighted by Crippen LogP contribution is 2.21. The molecule has 1 heterocycles. The molecule has 2 aromatic rings. The maximum Gasteiger partial charge on any atom is 0.323 e. The molecule has 0 unspecified atom stereocenters. The number of hydrogen-bond donors (Lipinski definition) is 2. The van der Waals surface area contributed by atoms with E-state index >= 15 is 0 Å². The van der Waals surface area contributed by atoms with E-state index in [1.54, 1.807) is 18.2 Å². The number of rotatable bonds is 4. The molecule has 2 rings (SSSR count). The SMILES string of the molecule is O=C(O)CN(C(=O)c1ccc(=O)[nH]c1)c1cccc(Cl)c1. The first-order valence-corrected chi connectivity index (χ1v) is 6.33. The molecule has 1 aromatic heterocycles. The van der Waals surface area contributed by atoms with Gasteiger partial charge in [-0.15, -0.1) is 0 Å². The van der Waals surface area contributed by atoms with Crippen molar-refractivity contribution in [2.24, 2.45) is 0 Å². The van der Waals surface area contributed by atoms with Crippen molar-refractivity contribution in [1.82, 2.24) is 4.98 Å². The molecule has 108 valence electrons. The summed E-state index contributed by atoms with van der Waals surface area (Å²) in [5, 5.41) is 9.36. The van der Waals surface area contributed by atoms with Crippen molar-refractivity contribution < 1.29 is 14.7 Å². The van der Waals surface area contributed by atoms with E-state index in [1.807, 2.05) is 0 Å². The molecule has 7 heteroatoms. The number of H-pyrrole nitrogens is 1. The molecule has 0 aliphatic heterocycles. The van der Waals surface area contributed by atoms with E-state index < -0.39 is 18.4 Å². The zero-order valence-electron chi connectivity index (χ0n) is 10.7. The number of aromatic amines is 1. The fourth-order valence-corrected chi connectivity index (χ4v) is 1.94. The fourth-order valence-electron chi connectivity index (χ4n) is 1.76. The number of hydrogen-bond acceptors (Lipinski definition) is 3. The van der Waals surface area contributed by atoms with E-state index in [1.165, 1.54) is 24.4 Å². The third-order valence-electron chi connectivity index (χ3n) is 2.69. The summed E-state index contributed by atoms with van der Waals surface area (Å²) in [4.78, 5) is 37.8. The molecule has 0 fully saturated rings. The van der Waals surface area contributed by atoms with Crippen molar-refractivity contribution in [2.75, 3.05) is 11.4 Å². The summed E-state index contributed by atoms with van der Waals surface area (Å²) in [6.45, 7) is -0.516. The molecule has 0 saturated heterocycles. The van der Waals surface area contributed by atoms with Crippen molar-refractivity contribution in [3.8, 4) is 0 Å². The summed E-state index contributed by atoms with van der Waals surface area (Å²) in [7, 11) is 0. The Morgan fingerprint density at radius 3 is 2.57 bits per heavy atom. The van der Waals surface area contributed by atoms with Crippen LogP contribution in [0.15, 0.2) is 47.4 Å². The number of carbonyl (C=O) groups is 2. The lowest BCUT2D eigenvalue weighted by Gasteiger charge is -2.21. The molecule has 0 spiro atoms. The molecule has 2 N–H and O–H groups in total. The van der Waals surface area contributed by atoms with Crippen molar-refractivity contribution in [1.29, 1.82) is 0 Å². The maximum absolute atomic E-state index is 12.4. The summed E-state index contributed by atoms with van der Waals surface area (Å²) < 4.78 is 0. The van der Waals surface area contributed by atoms with Crippen molar-refractivity contribution in [3.63, 3.8) is 0 Å². The Morgan fingerprint density at radius 1 is 1.24 bits per heavy atom. The van der Waals surface area contributed by atoms with Crippen LogP contribution in [0.3, 0.4) is 0 Å². The van der Waals surface area contributed by atoms with E-state index in [0.29, 0.717) is 10.7 Å². The van der Waals surface area contributed by atoms with E-state index in [-0.39, 0.29) is 11.1 Å². The monoisotopic (exact) mass is 306 g/mol. The van der Waals surface area contributed by atoms with Crippen LogP contribution in [0.5, 0.6) is 0 Å². The average Bonchev–Trinajstić information content (AvgIpc) is 2.44. The lowest BCUT2D eigenvalue weighted by Crippen LogP contribution is -2.36. The lowest BCUT2D eigenvalue weighted by atomic mass is 10.2. The number of carboxylic acid groups (broad SMARTS) is 1. The minimum Gasteiger partial charge on any atom is -0.480 e. The number of benzene rings is 1. The largest absolute Gasteiger partial charge is 0.480 e. The van der Waals surface area contributed by atoms with Gasteiger partial charge in [0, 0.05) is 23.0 Å². The smallest absolute Gasteiger partial charge is 0.323 e. The van der Waals surface area contributed by atoms with Crippen LogP contribution in [-0.2, 0) is 4.79 Å². The van der Waals surface area contributed by atoms with Gasteiger partial charge in [0.25, 0.3) is 5.91 Å². The van der Waals surface area contributed by atoms with Crippen LogP contribution in [0.1, 0.15) is 10.4 Å². The Balaban J connectivity index is 2.40. The highest BCUT2D eigenvalue weighted by atomic mass is 35.5. The van der Waals surface area contributed by atoms with Crippen LogP contribution in [0.4, 0.5) is 5.69 Å². The molecule has 0 saturated carbocycles. The van der Waals surface area contributed by atoms with E-state index in [0.717, 1.165) is 4.90 Å². The van der Waals surface area contributed by atoms with Gasteiger partial charge in [0.2, 0.25) is 5.56 Å². The van der Waals surface area contributed by atoms with Gasteiger partial charge in [-0.2, -0.15) is 0 Å². The number of nitrogens with zero attached hydrogens (tertiary/aromatic N) is 1. The molecule has 1 amide bonds. The number of carbonyl (C=O) groups excluding carboxylic acids is 1.